The minimum absolute atomic E-state index is 0.0497. The molecule has 11 nitrogen and oxygen atoms in total. The van der Waals surface area contributed by atoms with Crippen molar-refractivity contribution < 1.29 is 23.4 Å². The minimum atomic E-state index is -3.14. The molecule has 2 radical (unpaired) electrons. The molecule has 0 saturated carbocycles. The van der Waals surface area contributed by atoms with Gasteiger partial charge in [-0.1, -0.05) is 0 Å². The smallest absolute Gasteiger partial charge is 0.385 e. The predicted octanol–water partition coefficient (Wildman–Crippen LogP) is 0.518. The van der Waals surface area contributed by atoms with Gasteiger partial charge in [0, 0.05) is 0 Å². The largest absolute Gasteiger partial charge is 0.488 e. The van der Waals surface area contributed by atoms with Crippen LogP contribution in [0.5, 0.6) is 0 Å². The predicted molar refractivity (Wildman–Crippen MR) is 95.6 cm³/mol. The van der Waals surface area contributed by atoms with Crippen molar-refractivity contribution in [3.05, 3.63) is 23.0 Å². The van der Waals surface area contributed by atoms with Gasteiger partial charge in [0.25, 0.3) is 0 Å². The van der Waals surface area contributed by atoms with Gasteiger partial charge >= 0.3 is 15.4 Å². The van der Waals surface area contributed by atoms with Crippen LogP contribution < -0.4 is 5.73 Å². The van der Waals surface area contributed by atoms with Crippen LogP contribution in [-0.2, 0) is 18.3 Å². The van der Waals surface area contributed by atoms with Crippen molar-refractivity contribution in [1.82, 2.24) is 19.5 Å². The first-order chi connectivity index (χ1) is 12.9. The number of ether oxygens (including phenoxy) is 1. The first-order valence-electron chi connectivity index (χ1n) is 7.89. The van der Waals surface area contributed by atoms with Gasteiger partial charge in [-0.25, -0.2) is 11.6 Å². The van der Waals surface area contributed by atoms with E-state index in [0.29, 0.717) is 11.2 Å². The molecule has 0 aliphatic carbocycles. The molecule has 2 aromatic rings. The third-order valence-electron chi connectivity index (χ3n) is 4.17. The number of rotatable bonds is 4. The molecule has 0 spiro atoms. The fraction of sp³-hybridized carbons (Fsp3) is 0.538. The number of aromatic nitrogens is 4. The van der Waals surface area contributed by atoms with E-state index in [4.69, 9.17) is 49.8 Å². The number of hydrogen-bond donors (Lipinski definition) is 2. The molecule has 2 aromatic heterocycles. The lowest BCUT2D eigenvalue weighted by Crippen LogP contribution is -2.41. The molecule has 2 aliphatic heterocycles. The minimum Gasteiger partial charge on any atom is -0.385 e. The Morgan fingerprint density at radius 3 is 3.15 bits per heavy atom. The maximum absolute atomic E-state index is 10.8. The van der Waals surface area contributed by atoms with Crippen LogP contribution in [0.25, 0.3) is 16.0 Å². The fourth-order valence-corrected chi connectivity index (χ4v) is 4.63. The highest BCUT2D eigenvalue weighted by molar-refractivity contribution is 7.85. The molecular formula is C13H14BClN6O5P+. The molecule has 2 saturated heterocycles. The van der Waals surface area contributed by atoms with E-state index in [-0.39, 0.29) is 30.9 Å². The van der Waals surface area contributed by atoms with Crippen LogP contribution in [0.3, 0.4) is 0 Å². The summed E-state index contributed by atoms with van der Waals surface area (Å²) < 4.78 is 23.9. The fourth-order valence-electron chi connectivity index (χ4n) is 2.97. The van der Waals surface area contributed by atoms with Gasteiger partial charge < -0.3 is 20.4 Å². The highest BCUT2D eigenvalue weighted by Gasteiger charge is 2.58. The Balaban J connectivity index is 1.57. The lowest BCUT2D eigenvalue weighted by Gasteiger charge is -2.30. The molecule has 140 valence electrons. The molecular weight excluding hydrogens is 397 g/mol. The molecule has 3 N–H and O–H groups in total. The van der Waals surface area contributed by atoms with Crippen LogP contribution in [0.15, 0.2) is 6.33 Å². The third-order valence-corrected chi connectivity index (χ3v) is 5.92. The van der Waals surface area contributed by atoms with Crippen molar-refractivity contribution in [2.24, 2.45) is 0 Å². The SMILES string of the molecule is [B][P+]1(OCC[N+]#[C-])OC[C@H]2O[C@@H](n3cnc4c(N)nc(Cl)nc43)C(O)[C@H]2O1. The van der Waals surface area contributed by atoms with Gasteiger partial charge in [-0.2, -0.15) is 23.5 Å². The summed E-state index contributed by atoms with van der Waals surface area (Å²) in [5.41, 5.74) is 6.46. The van der Waals surface area contributed by atoms with E-state index in [1.165, 1.54) is 10.9 Å². The molecule has 4 rings (SSSR count). The number of aliphatic hydroxyl groups excluding tert-OH is 1. The molecule has 27 heavy (non-hydrogen) atoms. The zero-order valence-electron chi connectivity index (χ0n) is 13.8. The number of nitrogen functional groups attached to an aromatic ring is 1. The van der Waals surface area contributed by atoms with Crippen LogP contribution in [0.4, 0.5) is 5.82 Å². The maximum atomic E-state index is 10.8. The quantitative estimate of drug-likeness (QED) is 0.243. The summed E-state index contributed by atoms with van der Waals surface area (Å²) in [5, 5.41) is 10.7. The first-order valence-corrected chi connectivity index (χ1v) is 9.88. The standard InChI is InChI=1S/C13H14BClN6O5P/c1-17-2-3-23-27(14)24-4-6-9(26-27)8(22)12(25-6)21-5-18-7-10(16)19-13(15)20-11(7)21/h5-6,8-9,12,22H,2-4H2,(H2,16,19,20)/q+1/t6-,8?,9+,12-,27?/m1/s1. The lowest BCUT2D eigenvalue weighted by atomic mass is 10.1. The second-order valence-electron chi connectivity index (χ2n) is 5.88. The van der Waals surface area contributed by atoms with E-state index in [1.54, 1.807) is 0 Å². The average Bonchev–Trinajstić information content (AvgIpc) is 3.17. The third kappa shape index (κ3) is 3.36. The van der Waals surface area contributed by atoms with Crippen molar-refractivity contribution in [3.8, 4) is 0 Å². The number of anilines is 1. The van der Waals surface area contributed by atoms with Crippen LogP contribution in [0, 0.1) is 6.57 Å². The van der Waals surface area contributed by atoms with Gasteiger partial charge in [0.05, 0.1) is 6.33 Å². The molecule has 0 amide bonds. The Morgan fingerprint density at radius 2 is 2.37 bits per heavy atom. The van der Waals surface area contributed by atoms with Gasteiger partial charge in [-0.15, -0.1) is 0 Å². The van der Waals surface area contributed by atoms with Gasteiger partial charge in [-0.3, -0.25) is 4.57 Å². The van der Waals surface area contributed by atoms with E-state index < -0.39 is 32.4 Å². The van der Waals surface area contributed by atoms with Crippen molar-refractivity contribution >= 4 is 44.0 Å². The highest BCUT2D eigenvalue weighted by Crippen LogP contribution is 2.62. The summed E-state index contributed by atoms with van der Waals surface area (Å²) in [4.78, 5) is 15.3. The van der Waals surface area contributed by atoms with Crippen LogP contribution >= 0.6 is 19.4 Å². The monoisotopic (exact) mass is 411 g/mol. The molecule has 2 aliphatic rings. The van der Waals surface area contributed by atoms with Gasteiger partial charge in [-0.05, 0) is 11.6 Å². The highest BCUT2D eigenvalue weighted by atomic mass is 35.5. The average molecular weight is 412 g/mol. The Labute approximate surface area is 160 Å². The number of nitrogens with two attached hydrogens (primary N) is 1. The lowest BCUT2D eigenvalue weighted by molar-refractivity contribution is -0.0629. The van der Waals surface area contributed by atoms with Crippen molar-refractivity contribution in [2.45, 2.75) is 24.5 Å². The van der Waals surface area contributed by atoms with Gasteiger partial charge in [0.15, 0.2) is 30.4 Å². The Morgan fingerprint density at radius 1 is 1.56 bits per heavy atom. The first kappa shape index (κ1) is 18.8. The zero-order valence-corrected chi connectivity index (χ0v) is 15.5. The normalized spacial score (nSPS) is 33.1. The summed E-state index contributed by atoms with van der Waals surface area (Å²) >= 11 is 5.87. The zero-order chi connectivity index (χ0) is 19.2. The van der Waals surface area contributed by atoms with E-state index in [1.807, 2.05) is 0 Å². The molecule has 5 atom stereocenters. The van der Waals surface area contributed by atoms with Crippen molar-refractivity contribution in [2.75, 3.05) is 25.5 Å². The summed E-state index contributed by atoms with van der Waals surface area (Å²) in [6, 6.07) is 0. The maximum Gasteiger partial charge on any atom is 0.488 e. The van der Waals surface area contributed by atoms with Crippen LogP contribution in [0.2, 0.25) is 5.28 Å². The van der Waals surface area contributed by atoms with Gasteiger partial charge in [0.1, 0.15) is 24.3 Å². The Hall–Kier alpha value is -1.58. The van der Waals surface area contributed by atoms with E-state index in [0.717, 1.165) is 0 Å². The molecule has 14 heteroatoms. The number of halogens is 1. The summed E-state index contributed by atoms with van der Waals surface area (Å²) in [7, 11) is 2.87. The number of imidazole rings is 1. The molecule has 2 fully saturated rings. The molecule has 4 heterocycles. The van der Waals surface area contributed by atoms with Gasteiger partial charge in [0.2, 0.25) is 11.8 Å². The summed E-state index contributed by atoms with van der Waals surface area (Å²) in [5.74, 6) is 0.119. The topological polar surface area (TPSA) is 131 Å². The summed E-state index contributed by atoms with van der Waals surface area (Å²) in [6.07, 6.45) is -1.89. The number of fused-ring (bicyclic) bond motifs is 2. The second-order valence-corrected chi connectivity index (χ2v) is 8.02. The number of nitrogens with zero attached hydrogens (tertiary/aromatic N) is 5. The Kier molecular flexibility index (Phi) is 4.94. The molecule has 0 aromatic carbocycles. The van der Waals surface area contributed by atoms with E-state index in [9.17, 15) is 5.11 Å². The Bertz CT molecular complexity index is 913. The second kappa shape index (κ2) is 7.11. The summed E-state index contributed by atoms with van der Waals surface area (Å²) in [6.45, 7) is 7.05. The molecule has 0 bridgehead atoms. The van der Waals surface area contributed by atoms with E-state index >= 15 is 0 Å². The van der Waals surface area contributed by atoms with E-state index in [2.05, 4.69) is 19.8 Å². The van der Waals surface area contributed by atoms with Crippen molar-refractivity contribution in [3.63, 3.8) is 0 Å². The van der Waals surface area contributed by atoms with Crippen molar-refractivity contribution in [1.29, 1.82) is 0 Å². The molecule has 2 unspecified atom stereocenters. The number of hydrogen-bond acceptors (Lipinski definition) is 9. The van der Waals surface area contributed by atoms with Crippen LogP contribution in [0.1, 0.15) is 6.23 Å². The number of aliphatic hydroxyl groups is 1. The van der Waals surface area contributed by atoms with Crippen LogP contribution in [-0.4, -0.2) is 70.3 Å².